The van der Waals surface area contributed by atoms with Crippen LogP contribution in [0.25, 0.3) is 0 Å². The van der Waals surface area contributed by atoms with E-state index in [4.69, 9.17) is 4.74 Å². The van der Waals surface area contributed by atoms with Crippen molar-refractivity contribution in [3.63, 3.8) is 0 Å². The molecule has 5 rings (SSSR count). The van der Waals surface area contributed by atoms with Crippen molar-refractivity contribution in [1.29, 1.82) is 0 Å². The number of anilines is 1. The minimum Gasteiger partial charge on any atom is -0.381 e. The number of aryl methyl sites for hydroxylation is 1. The molecule has 35 heavy (non-hydrogen) atoms. The van der Waals surface area contributed by atoms with E-state index >= 15 is 0 Å². The van der Waals surface area contributed by atoms with Gasteiger partial charge in [0.05, 0.1) is 5.69 Å². The van der Waals surface area contributed by atoms with Gasteiger partial charge in [-0.15, -0.1) is 0 Å². The highest BCUT2D eigenvalue weighted by atomic mass is 32.2. The number of benzene rings is 2. The normalized spacial score (nSPS) is 19.7. The van der Waals surface area contributed by atoms with Crippen LogP contribution in [0.2, 0.25) is 0 Å². The summed E-state index contributed by atoms with van der Waals surface area (Å²) in [6.45, 7) is 5.26. The lowest BCUT2D eigenvalue weighted by atomic mass is 9.95. The molecule has 1 aliphatic carbocycles. The molecule has 2 aromatic carbocycles. The summed E-state index contributed by atoms with van der Waals surface area (Å²) in [5.74, 6) is 1.60. The molecule has 0 amide bonds. The summed E-state index contributed by atoms with van der Waals surface area (Å²) in [6.07, 6.45) is 13.9. The Morgan fingerprint density at radius 2 is 1.77 bits per heavy atom. The number of hydrogen-bond acceptors (Lipinski definition) is 4. The van der Waals surface area contributed by atoms with E-state index in [0.29, 0.717) is 5.69 Å². The lowest BCUT2D eigenvalue weighted by Crippen LogP contribution is -2.33. The smallest absolute Gasteiger partial charge is 0.147 e. The number of fused-ring (bicyclic) bond motifs is 1. The van der Waals surface area contributed by atoms with Crippen molar-refractivity contribution in [2.45, 2.75) is 82.1 Å². The van der Waals surface area contributed by atoms with E-state index in [9.17, 15) is 4.39 Å². The quantitative estimate of drug-likeness (QED) is 0.342. The molecular weight excluding hydrogens is 455 g/mol. The second-order valence-corrected chi connectivity index (χ2v) is 11.7. The van der Waals surface area contributed by atoms with Gasteiger partial charge in [0.1, 0.15) is 5.82 Å². The van der Waals surface area contributed by atoms with Crippen molar-refractivity contribution in [2.24, 2.45) is 11.8 Å². The van der Waals surface area contributed by atoms with Crippen molar-refractivity contribution < 1.29 is 9.13 Å². The highest BCUT2D eigenvalue weighted by Gasteiger charge is 2.20. The fourth-order valence-corrected chi connectivity index (χ4v) is 6.78. The zero-order chi connectivity index (χ0) is 23.9. The maximum Gasteiger partial charge on any atom is 0.147 e. The largest absolute Gasteiger partial charge is 0.381 e. The summed E-state index contributed by atoms with van der Waals surface area (Å²) in [6, 6.07) is 12.4. The van der Waals surface area contributed by atoms with Crippen LogP contribution in [-0.2, 0) is 24.1 Å². The van der Waals surface area contributed by atoms with Gasteiger partial charge < -0.3 is 9.46 Å². The lowest BCUT2D eigenvalue weighted by molar-refractivity contribution is 0.0595. The summed E-state index contributed by atoms with van der Waals surface area (Å²) in [5.41, 5.74) is 4.58. The Kier molecular flexibility index (Phi) is 9.04. The third-order valence-electron chi connectivity index (χ3n) is 8.33. The first-order valence-electron chi connectivity index (χ1n) is 13.9. The van der Waals surface area contributed by atoms with Gasteiger partial charge in [-0.1, -0.05) is 44.2 Å². The van der Waals surface area contributed by atoms with Crippen LogP contribution < -0.4 is 4.72 Å². The molecule has 0 radical (unpaired) electrons. The zero-order valence-corrected chi connectivity index (χ0v) is 21.9. The summed E-state index contributed by atoms with van der Waals surface area (Å²) < 4.78 is 23.5. The van der Waals surface area contributed by atoms with Crippen molar-refractivity contribution in [3.8, 4) is 0 Å². The summed E-state index contributed by atoms with van der Waals surface area (Å²) in [4.78, 5) is 3.76. The number of halogens is 1. The van der Waals surface area contributed by atoms with E-state index < -0.39 is 0 Å². The van der Waals surface area contributed by atoms with Gasteiger partial charge in [-0.05, 0) is 110 Å². The molecule has 0 unspecified atom stereocenters. The lowest BCUT2D eigenvalue weighted by Gasteiger charge is -2.31. The number of nitrogens with one attached hydrogen (secondary N) is 1. The highest BCUT2D eigenvalue weighted by Crippen LogP contribution is 2.31. The zero-order valence-electron chi connectivity index (χ0n) is 21.1. The minimum atomic E-state index is -0.144. The third kappa shape index (κ3) is 7.24. The van der Waals surface area contributed by atoms with E-state index in [-0.39, 0.29) is 5.82 Å². The fraction of sp³-hybridized carbons (Fsp3) is 0.600. The van der Waals surface area contributed by atoms with Crippen LogP contribution in [0, 0.1) is 17.7 Å². The Bertz CT molecular complexity index is 955. The number of hydrogen-bond donors (Lipinski definition) is 1. The van der Waals surface area contributed by atoms with Crippen molar-refractivity contribution in [1.82, 2.24) is 4.90 Å². The van der Waals surface area contributed by atoms with E-state index in [1.54, 1.807) is 6.07 Å². The second kappa shape index (κ2) is 12.6. The van der Waals surface area contributed by atoms with Gasteiger partial charge in [0.2, 0.25) is 0 Å². The molecule has 2 aliphatic heterocycles. The monoisotopic (exact) mass is 496 g/mol. The molecule has 0 spiro atoms. The van der Waals surface area contributed by atoms with Crippen LogP contribution in [0.4, 0.5) is 10.1 Å². The summed E-state index contributed by atoms with van der Waals surface area (Å²) in [5, 5.41) is 0. The fourth-order valence-electron chi connectivity index (χ4n) is 6.05. The average Bonchev–Trinajstić information content (AvgIpc) is 3.41. The van der Waals surface area contributed by atoms with Crippen LogP contribution in [0.1, 0.15) is 74.5 Å². The molecule has 1 saturated carbocycles. The van der Waals surface area contributed by atoms with Gasteiger partial charge in [0, 0.05) is 31.2 Å². The summed E-state index contributed by atoms with van der Waals surface area (Å²) >= 11 is 1.52. The topological polar surface area (TPSA) is 24.5 Å². The molecule has 1 N–H and O–H groups in total. The molecule has 3 aliphatic rings. The number of ether oxygens (including phenoxy) is 1. The maximum atomic E-state index is 14.7. The maximum absolute atomic E-state index is 14.7. The molecule has 2 fully saturated rings. The van der Waals surface area contributed by atoms with Crippen LogP contribution >= 0.6 is 11.9 Å². The van der Waals surface area contributed by atoms with E-state index in [1.165, 1.54) is 87.4 Å². The van der Waals surface area contributed by atoms with Crippen LogP contribution in [-0.4, -0.2) is 31.2 Å². The van der Waals surface area contributed by atoms with Crippen LogP contribution in [0.15, 0.2) is 41.3 Å². The van der Waals surface area contributed by atoms with Gasteiger partial charge >= 0.3 is 0 Å². The molecule has 2 aromatic rings. The Balaban J connectivity index is 1.08. The van der Waals surface area contributed by atoms with Gasteiger partial charge in [-0.2, -0.15) is 0 Å². The predicted molar refractivity (Wildman–Crippen MR) is 144 cm³/mol. The number of nitrogens with zero attached hydrogens (tertiary/aromatic N) is 1. The third-order valence-corrected chi connectivity index (χ3v) is 9.14. The SMILES string of the molecule is Fc1cc(CCCC2CCCC2)ccc1NSc1ccc2c(c1)CCN(CCC1CCOCC1)C2. The van der Waals surface area contributed by atoms with Crippen LogP contribution in [0.5, 0.6) is 0 Å². The minimum absolute atomic E-state index is 0.144. The standard InChI is InChI=1S/C30H41FN2OS/c31-29-20-25(7-3-6-23-4-1-2-5-23)8-11-30(29)32-35-28-10-9-27-22-33(17-13-26(27)21-28)16-12-24-14-18-34-19-15-24/h8-11,20-21,23-24,32H,1-7,12-19,22H2. The van der Waals surface area contributed by atoms with Crippen molar-refractivity contribution >= 4 is 17.6 Å². The summed E-state index contributed by atoms with van der Waals surface area (Å²) in [7, 11) is 0. The Labute approximate surface area is 215 Å². The molecule has 0 aromatic heterocycles. The highest BCUT2D eigenvalue weighted by molar-refractivity contribution is 8.00. The Hall–Kier alpha value is -1.56. The first kappa shape index (κ1) is 25.1. The number of rotatable bonds is 10. The molecule has 2 heterocycles. The van der Waals surface area contributed by atoms with Gasteiger partial charge in [-0.3, -0.25) is 4.90 Å². The Morgan fingerprint density at radius 3 is 2.60 bits per heavy atom. The average molecular weight is 497 g/mol. The van der Waals surface area contributed by atoms with E-state index in [0.717, 1.165) is 61.4 Å². The molecule has 1 saturated heterocycles. The molecule has 3 nitrogen and oxygen atoms in total. The molecule has 190 valence electrons. The predicted octanol–water partition coefficient (Wildman–Crippen LogP) is 7.63. The first-order valence-corrected chi connectivity index (χ1v) is 14.7. The van der Waals surface area contributed by atoms with E-state index in [2.05, 4.69) is 33.9 Å². The first-order chi connectivity index (χ1) is 17.2. The molecule has 0 atom stereocenters. The van der Waals surface area contributed by atoms with Gasteiger partial charge in [0.15, 0.2) is 0 Å². The van der Waals surface area contributed by atoms with Crippen molar-refractivity contribution in [2.75, 3.05) is 31.0 Å². The molecule has 5 heteroatoms. The molecule has 0 bridgehead atoms. The van der Waals surface area contributed by atoms with Crippen molar-refractivity contribution in [3.05, 3.63) is 58.9 Å². The Morgan fingerprint density at radius 1 is 0.943 bits per heavy atom. The molecular formula is C30H41FN2OS. The van der Waals surface area contributed by atoms with Gasteiger partial charge in [-0.25, -0.2) is 4.39 Å². The van der Waals surface area contributed by atoms with Crippen LogP contribution in [0.3, 0.4) is 0 Å². The van der Waals surface area contributed by atoms with E-state index in [1.807, 2.05) is 6.07 Å². The second-order valence-electron chi connectivity index (χ2n) is 10.9. The van der Waals surface area contributed by atoms with Gasteiger partial charge in [0.25, 0.3) is 0 Å².